The Hall–Kier alpha value is -0.730. The predicted octanol–water partition coefficient (Wildman–Crippen LogP) is 4.75. The highest BCUT2D eigenvalue weighted by atomic mass is 35.5. The Morgan fingerprint density at radius 2 is 1.90 bits per heavy atom. The number of rotatable bonds is 6. The van der Waals surface area contributed by atoms with E-state index in [9.17, 15) is 0 Å². The van der Waals surface area contributed by atoms with Crippen LogP contribution in [0.2, 0.25) is 5.02 Å². The van der Waals surface area contributed by atoms with Crippen LogP contribution in [-0.4, -0.2) is 18.6 Å². The Kier molecular flexibility index (Phi) is 5.07. The summed E-state index contributed by atoms with van der Waals surface area (Å²) >= 11 is 6.51. The van der Waals surface area contributed by atoms with Crippen LogP contribution in [0.3, 0.4) is 0 Å². The molecule has 0 saturated heterocycles. The molecular weight excluding hydrogens is 280 g/mol. The van der Waals surface area contributed by atoms with Crippen LogP contribution in [-0.2, 0) is 6.54 Å². The van der Waals surface area contributed by atoms with Crippen molar-refractivity contribution in [2.75, 3.05) is 11.4 Å². The predicted molar refractivity (Wildman–Crippen MR) is 91.2 cm³/mol. The van der Waals surface area contributed by atoms with Crippen molar-refractivity contribution in [3.63, 3.8) is 0 Å². The van der Waals surface area contributed by atoms with E-state index < -0.39 is 0 Å². The van der Waals surface area contributed by atoms with E-state index in [0.29, 0.717) is 6.04 Å². The summed E-state index contributed by atoms with van der Waals surface area (Å²) in [6.45, 7) is 4.23. The van der Waals surface area contributed by atoms with E-state index in [4.69, 9.17) is 11.6 Å². The molecule has 0 amide bonds. The first kappa shape index (κ1) is 15.2. The maximum Gasteiger partial charge on any atom is 0.0471 e. The van der Waals surface area contributed by atoms with E-state index in [1.807, 2.05) is 0 Å². The summed E-state index contributed by atoms with van der Waals surface area (Å²) in [6.07, 6.45) is 9.45. The number of nitrogens with one attached hydrogen (secondary N) is 1. The van der Waals surface area contributed by atoms with E-state index in [0.717, 1.165) is 24.2 Å². The average Bonchev–Trinajstić information content (AvgIpc) is 3.32. The molecule has 0 heterocycles. The number of nitrogens with zero attached hydrogens (tertiary/aromatic N) is 1. The summed E-state index contributed by atoms with van der Waals surface area (Å²) in [5, 5.41) is 4.45. The molecule has 2 saturated carbocycles. The molecule has 116 valence electrons. The first-order chi connectivity index (χ1) is 10.3. The minimum atomic E-state index is 0.704. The maximum atomic E-state index is 6.51. The molecule has 0 bridgehead atoms. The highest BCUT2D eigenvalue weighted by Crippen LogP contribution is 2.30. The normalized spacial score (nSPS) is 19.7. The van der Waals surface area contributed by atoms with E-state index in [-0.39, 0.29) is 0 Å². The molecule has 1 aromatic carbocycles. The lowest BCUT2D eigenvalue weighted by atomic mass is 9.93. The zero-order valence-electron chi connectivity index (χ0n) is 13.1. The zero-order chi connectivity index (χ0) is 14.7. The average molecular weight is 307 g/mol. The number of benzene rings is 1. The summed E-state index contributed by atoms with van der Waals surface area (Å²) in [5.41, 5.74) is 2.52. The molecule has 0 unspecified atom stereocenters. The molecule has 1 aromatic rings. The third-order valence-corrected chi connectivity index (χ3v) is 5.23. The second kappa shape index (κ2) is 7.02. The fraction of sp³-hybridized carbons (Fsp3) is 0.667. The van der Waals surface area contributed by atoms with Gasteiger partial charge in [-0.05, 0) is 50.3 Å². The molecule has 0 aromatic heterocycles. The summed E-state index contributed by atoms with van der Waals surface area (Å²) in [6, 6.07) is 8.07. The van der Waals surface area contributed by atoms with Gasteiger partial charge in [0.1, 0.15) is 0 Å². The van der Waals surface area contributed by atoms with Crippen molar-refractivity contribution < 1.29 is 0 Å². The Morgan fingerprint density at radius 1 is 1.14 bits per heavy atom. The van der Waals surface area contributed by atoms with Gasteiger partial charge >= 0.3 is 0 Å². The lowest BCUT2D eigenvalue weighted by Crippen LogP contribution is -2.36. The number of hydrogen-bond donors (Lipinski definition) is 1. The monoisotopic (exact) mass is 306 g/mol. The van der Waals surface area contributed by atoms with Crippen molar-refractivity contribution in [1.29, 1.82) is 0 Å². The van der Waals surface area contributed by atoms with Gasteiger partial charge in [0.2, 0.25) is 0 Å². The summed E-state index contributed by atoms with van der Waals surface area (Å²) in [4.78, 5) is 2.54. The number of anilines is 1. The van der Waals surface area contributed by atoms with Crippen LogP contribution in [0.25, 0.3) is 0 Å². The molecule has 2 fully saturated rings. The quantitative estimate of drug-likeness (QED) is 0.816. The van der Waals surface area contributed by atoms with Gasteiger partial charge in [0.15, 0.2) is 0 Å². The van der Waals surface area contributed by atoms with Crippen LogP contribution < -0.4 is 10.2 Å². The van der Waals surface area contributed by atoms with E-state index in [1.165, 1.54) is 56.2 Å². The molecular formula is C18H27ClN2. The zero-order valence-corrected chi connectivity index (χ0v) is 13.8. The van der Waals surface area contributed by atoms with Crippen molar-refractivity contribution >= 4 is 17.3 Å². The second-order valence-electron chi connectivity index (χ2n) is 6.51. The first-order valence-corrected chi connectivity index (χ1v) is 8.94. The molecule has 3 rings (SSSR count). The molecule has 0 spiro atoms. The Labute approximate surface area is 133 Å². The fourth-order valence-electron chi connectivity index (χ4n) is 3.44. The van der Waals surface area contributed by atoms with Gasteiger partial charge in [-0.15, -0.1) is 0 Å². The van der Waals surface area contributed by atoms with E-state index in [2.05, 4.69) is 35.3 Å². The number of halogens is 1. The Morgan fingerprint density at radius 3 is 2.52 bits per heavy atom. The minimum absolute atomic E-state index is 0.704. The fourth-order valence-corrected chi connectivity index (χ4v) is 3.69. The Balaban J connectivity index is 1.69. The summed E-state index contributed by atoms with van der Waals surface area (Å²) in [7, 11) is 0. The van der Waals surface area contributed by atoms with E-state index >= 15 is 0 Å². The second-order valence-corrected chi connectivity index (χ2v) is 6.92. The van der Waals surface area contributed by atoms with Crippen molar-refractivity contribution in [1.82, 2.24) is 5.32 Å². The SMILES string of the molecule is CCN(c1ccc(CNC2CC2)c(Cl)c1)C1CCCCC1. The van der Waals surface area contributed by atoms with Crippen LogP contribution in [0.1, 0.15) is 57.4 Å². The van der Waals surface area contributed by atoms with Gasteiger partial charge in [-0.3, -0.25) is 0 Å². The minimum Gasteiger partial charge on any atom is -0.369 e. The molecule has 3 heteroatoms. The van der Waals surface area contributed by atoms with Crippen LogP contribution in [0.5, 0.6) is 0 Å². The van der Waals surface area contributed by atoms with Gasteiger partial charge in [0.25, 0.3) is 0 Å². The van der Waals surface area contributed by atoms with Gasteiger partial charge in [-0.25, -0.2) is 0 Å². The maximum absolute atomic E-state index is 6.51. The Bertz CT molecular complexity index is 464. The standard InChI is InChI=1S/C18H27ClN2/c1-2-21(16-6-4-3-5-7-16)17-11-8-14(18(19)12-17)13-20-15-9-10-15/h8,11-12,15-16,20H,2-7,9-10,13H2,1H3. The molecule has 2 aliphatic carbocycles. The van der Waals surface area contributed by atoms with Gasteiger partial charge in [0.05, 0.1) is 0 Å². The van der Waals surface area contributed by atoms with Crippen LogP contribution in [0.15, 0.2) is 18.2 Å². The van der Waals surface area contributed by atoms with Crippen molar-refractivity contribution in [3.05, 3.63) is 28.8 Å². The van der Waals surface area contributed by atoms with Crippen LogP contribution in [0, 0.1) is 0 Å². The van der Waals surface area contributed by atoms with Crippen molar-refractivity contribution in [2.24, 2.45) is 0 Å². The largest absolute Gasteiger partial charge is 0.369 e. The van der Waals surface area contributed by atoms with Crippen molar-refractivity contribution in [2.45, 2.75) is 70.5 Å². The van der Waals surface area contributed by atoms with Gasteiger partial charge in [0, 0.05) is 35.9 Å². The molecule has 2 nitrogen and oxygen atoms in total. The van der Waals surface area contributed by atoms with Gasteiger partial charge in [-0.2, -0.15) is 0 Å². The van der Waals surface area contributed by atoms with Crippen LogP contribution in [0.4, 0.5) is 5.69 Å². The van der Waals surface area contributed by atoms with E-state index in [1.54, 1.807) is 0 Å². The molecule has 21 heavy (non-hydrogen) atoms. The topological polar surface area (TPSA) is 15.3 Å². The highest BCUT2D eigenvalue weighted by Gasteiger charge is 2.22. The molecule has 0 atom stereocenters. The molecule has 1 N–H and O–H groups in total. The van der Waals surface area contributed by atoms with Gasteiger partial charge in [-0.1, -0.05) is 36.9 Å². The summed E-state index contributed by atoms with van der Waals surface area (Å²) in [5.74, 6) is 0. The first-order valence-electron chi connectivity index (χ1n) is 8.56. The molecule has 0 radical (unpaired) electrons. The molecule has 2 aliphatic rings. The summed E-state index contributed by atoms with van der Waals surface area (Å²) < 4.78 is 0. The number of hydrogen-bond acceptors (Lipinski definition) is 2. The smallest absolute Gasteiger partial charge is 0.0471 e. The lowest BCUT2D eigenvalue weighted by Gasteiger charge is -2.35. The highest BCUT2D eigenvalue weighted by molar-refractivity contribution is 6.31. The lowest BCUT2D eigenvalue weighted by molar-refractivity contribution is 0.418. The van der Waals surface area contributed by atoms with Crippen LogP contribution >= 0.6 is 11.6 Å². The third-order valence-electron chi connectivity index (χ3n) is 4.88. The third kappa shape index (κ3) is 3.92. The van der Waals surface area contributed by atoms with Crippen molar-refractivity contribution in [3.8, 4) is 0 Å². The van der Waals surface area contributed by atoms with Gasteiger partial charge < -0.3 is 10.2 Å². The molecule has 0 aliphatic heterocycles.